The molecule has 0 saturated heterocycles. The first kappa shape index (κ1) is 22.3. The van der Waals surface area contributed by atoms with Gasteiger partial charge in [-0.1, -0.05) is 29.8 Å². The molecule has 0 aliphatic rings. The molecule has 0 fully saturated rings. The highest BCUT2D eigenvalue weighted by Gasteiger charge is 2.17. The normalized spacial score (nSPS) is 11.6. The molecule has 0 spiro atoms. The highest BCUT2D eigenvalue weighted by Crippen LogP contribution is 2.26. The summed E-state index contributed by atoms with van der Waals surface area (Å²) in [4.78, 5) is 16.1. The van der Waals surface area contributed by atoms with Crippen molar-refractivity contribution in [3.05, 3.63) is 95.7 Å². The molecule has 2 aromatic heterocycles. The van der Waals surface area contributed by atoms with Crippen LogP contribution in [0.2, 0.25) is 5.02 Å². The van der Waals surface area contributed by atoms with E-state index in [1.807, 2.05) is 30.3 Å². The van der Waals surface area contributed by atoms with Crippen LogP contribution in [-0.2, 0) is 16.1 Å². The van der Waals surface area contributed by atoms with E-state index in [1.54, 1.807) is 48.3 Å². The first-order valence-corrected chi connectivity index (χ1v) is 10.4. The van der Waals surface area contributed by atoms with Crippen LogP contribution in [0, 0.1) is 5.82 Å². The maximum Gasteiger partial charge on any atom is 0.347 e. The number of halogens is 2. The molecule has 0 unspecified atom stereocenters. The predicted molar refractivity (Wildman–Crippen MR) is 119 cm³/mol. The van der Waals surface area contributed by atoms with Gasteiger partial charge < -0.3 is 14.2 Å². The van der Waals surface area contributed by atoms with Crippen LogP contribution in [0.3, 0.4) is 0 Å². The lowest BCUT2D eigenvalue weighted by Gasteiger charge is -2.14. The van der Waals surface area contributed by atoms with Crippen LogP contribution in [0.15, 0.2) is 79.3 Å². The molecule has 0 bridgehead atoms. The Morgan fingerprint density at radius 3 is 2.55 bits per heavy atom. The number of hydrogen-bond acceptors (Lipinski definition) is 6. The zero-order valence-electron chi connectivity index (χ0n) is 17.5. The Morgan fingerprint density at radius 1 is 1.09 bits per heavy atom. The van der Waals surface area contributed by atoms with Gasteiger partial charge in [-0.3, -0.25) is 0 Å². The number of hydrogen-bond donors (Lipinski definition) is 0. The average Bonchev–Trinajstić information content (AvgIpc) is 3.30. The van der Waals surface area contributed by atoms with E-state index in [0.717, 1.165) is 17.3 Å². The molecule has 0 radical (unpaired) electrons. The van der Waals surface area contributed by atoms with Gasteiger partial charge in [0.1, 0.15) is 18.1 Å². The number of carbonyl (C=O) groups excluding carboxylic acids is 1. The Kier molecular flexibility index (Phi) is 6.85. The molecular weight excluding hydrogens is 449 g/mol. The van der Waals surface area contributed by atoms with Gasteiger partial charge in [0.15, 0.2) is 11.9 Å². The van der Waals surface area contributed by atoms with Gasteiger partial charge in [0.2, 0.25) is 0 Å². The number of rotatable bonds is 8. The third kappa shape index (κ3) is 5.87. The second-order valence-electron chi connectivity index (χ2n) is 7.01. The zero-order valence-corrected chi connectivity index (χ0v) is 18.3. The summed E-state index contributed by atoms with van der Waals surface area (Å²) in [5, 5.41) is 4.45. The lowest BCUT2D eigenvalue weighted by atomic mass is 10.3. The summed E-state index contributed by atoms with van der Waals surface area (Å²) < 4.78 is 31.9. The van der Waals surface area contributed by atoms with Gasteiger partial charge in [0.05, 0.1) is 16.9 Å². The second-order valence-corrected chi connectivity index (χ2v) is 7.45. The van der Waals surface area contributed by atoms with Gasteiger partial charge in [-0.05, 0) is 49.4 Å². The van der Waals surface area contributed by atoms with Crippen molar-refractivity contribution < 1.29 is 23.4 Å². The molecule has 9 heteroatoms. The van der Waals surface area contributed by atoms with Gasteiger partial charge in [-0.2, -0.15) is 5.10 Å². The maximum absolute atomic E-state index is 13.8. The Hall–Kier alpha value is -3.91. The Balaban J connectivity index is 1.28. The Morgan fingerprint density at radius 2 is 1.82 bits per heavy atom. The minimum atomic E-state index is -0.837. The van der Waals surface area contributed by atoms with E-state index in [0.29, 0.717) is 11.5 Å². The topological polar surface area (TPSA) is 75.5 Å². The van der Waals surface area contributed by atoms with Gasteiger partial charge in [-0.25, -0.2) is 18.9 Å². The number of para-hydroxylation sites is 1. The molecule has 7 nitrogen and oxygen atoms in total. The number of ether oxygens (including phenoxy) is 3. The van der Waals surface area contributed by atoms with E-state index < -0.39 is 17.9 Å². The van der Waals surface area contributed by atoms with Crippen LogP contribution in [0.25, 0.3) is 5.69 Å². The first-order valence-electron chi connectivity index (χ1n) is 9.99. The van der Waals surface area contributed by atoms with Crippen molar-refractivity contribution in [3.8, 4) is 23.1 Å². The fraction of sp³-hybridized carbons (Fsp3) is 0.125. The minimum absolute atomic E-state index is 0.0752. The van der Waals surface area contributed by atoms with Crippen LogP contribution in [0.5, 0.6) is 17.4 Å². The molecule has 0 aliphatic heterocycles. The summed E-state index contributed by atoms with van der Waals surface area (Å²) in [5.74, 6) is -0.612. The zero-order chi connectivity index (χ0) is 23.2. The highest BCUT2D eigenvalue weighted by molar-refractivity contribution is 6.30. The summed E-state index contributed by atoms with van der Waals surface area (Å²) in [5.41, 5.74) is 1.66. The second kappa shape index (κ2) is 10.1. The third-order valence-electron chi connectivity index (χ3n) is 4.49. The van der Waals surface area contributed by atoms with Gasteiger partial charge in [0, 0.05) is 18.0 Å². The Bertz CT molecular complexity index is 1230. The third-order valence-corrected chi connectivity index (χ3v) is 4.70. The molecule has 0 saturated carbocycles. The Labute approximate surface area is 194 Å². The smallest absolute Gasteiger partial charge is 0.347 e. The van der Waals surface area contributed by atoms with E-state index in [1.165, 1.54) is 6.20 Å². The molecule has 4 rings (SSSR count). The number of benzene rings is 2. The molecule has 2 heterocycles. The summed E-state index contributed by atoms with van der Waals surface area (Å²) in [7, 11) is 0. The van der Waals surface area contributed by atoms with Crippen molar-refractivity contribution in [2.45, 2.75) is 19.6 Å². The lowest BCUT2D eigenvalue weighted by Crippen LogP contribution is -2.25. The van der Waals surface area contributed by atoms with E-state index >= 15 is 0 Å². The maximum atomic E-state index is 13.8. The number of nitrogens with zero attached hydrogens (tertiary/aromatic N) is 3. The SMILES string of the molecule is C[C@H](Oc1ccc(Oc2ncc(Cl)cc2F)cc1)C(=O)OCc1cnn(-c2ccccc2)c1. The predicted octanol–water partition coefficient (Wildman–Crippen LogP) is 5.36. The van der Waals surface area contributed by atoms with Crippen LogP contribution >= 0.6 is 11.6 Å². The van der Waals surface area contributed by atoms with Crippen molar-refractivity contribution in [1.82, 2.24) is 14.8 Å². The summed E-state index contributed by atoms with van der Waals surface area (Å²) in [6, 6.07) is 17.1. The number of pyridine rings is 1. The molecule has 1 atom stereocenters. The number of esters is 1. The van der Waals surface area contributed by atoms with Crippen molar-refractivity contribution in [2.24, 2.45) is 0 Å². The molecule has 0 aliphatic carbocycles. The average molecular weight is 468 g/mol. The number of aromatic nitrogens is 3. The van der Waals surface area contributed by atoms with Gasteiger partial charge in [0.25, 0.3) is 5.88 Å². The fourth-order valence-electron chi connectivity index (χ4n) is 2.86. The summed E-state index contributed by atoms with van der Waals surface area (Å²) >= 11 is 5.68. The van der Waals surface area contributed by atoms with Crippen molar-refractivity contribution >= 4 is 17.6 Å². The van der Waals surface area contributed by atoms with Gasteiger partial charge >= 0.3 is 5.97 Å². The first-order chi connectivity index (χ1) is 16.0. The fourth-order valence-corrected chi connectivity index (χ4v) is 3.00. The molecule has 0 amide bonds. The van der Waals surface area contributed by atoms with Crippen LogP contribution < -0.4 is 9.47 Å². The van der Waals surface area contributed by atoms with Crippen molar-refractivity contribution in [2.75, 3.05) is 0 Å². The van der Waals surface area contributed by atoms with E-state index in [2.05, 4.69) is 10.1 Å². The monoisotopic (exact) mass is 467 g/mol. The highest BCUT2D eigenvalue weighted by atomic mass is 35.5. The molecule has 0 N–H and O–H groups in total. The van der Waals surface area contributed by atoms with Crippen molar-refractivity contribution in [3.63, 3.8) is 0 Å². The number of carbonyl (C=O) groups is 1. The van der Waals surface area contributed by atoms with E-state index in [-0.39, 0.29) is 17.5 Å². The van der Waals surface area contributed by atoms with E-state index in [4.69, 9.17) is 25.8 Å². The molecular formula is C24H19ClFN3O4. The lowest BCUT2D eigenvalue weighted by molar-refractivity contribution is -0.152. The van der Waals surface area contributed by atoms with E-state index in [9.17, 15) is 9.18 Å². The minimum Gasteiger partial charge on any atom is -0.479 e. The molecule has 168 valence electrons. The molecule has 4 aromatic rings. The van der Waals surface area contributed by atoms with Crippen molar-refractivity contribution in [1.29, 1.82) is 0 Å². The summed E-state index contributed by atoms with van der Waals surface area (Å²) in [6.07, 6.45) is 3.89. The summed E-state index contributed by atoms with van der Waals surface area (Å²) in [6.45, 7) is 1.67. The quantitative estimate of drug-likeness (QED) is 0.325. The van der Waals surface area contributed by atoms with Crippen LogP contribution in [0.4, 0.5) is 4.39 Å². The molecule has 33 heavy (non-hydrogen) atoms. The largest absolute Gasteiger partial charge is 0.479 e. The van der Waals surface area contributed by atoms with Crippen LogP contribution in [-0.4, -0.2) is 26.8 Å². The standard InChI is InChI=1S/C24H19ClFN3O4/c1-16(24(30)31-15-17-12-28-29(14-17)19-5-3-2-4-6-19)32-20-7-9-21(10-8-20)33-23-22(26)11-18(25)13-27-23/h2-14,16H,15H2,1H3/t16-/m0/s1. The van der Waals surface area contributed by atoms with Gasteiger partial charge in [-0.15, -0.1) is 0 Å². The molecule has 2 aromatic carbocycles. The van der Waals surface area contributed by atoms with Crippen LogP contribution in [0.1, 0.15) is 12.5 Å².